The topological polar surface area (TPSA) is 82.8 Å². The standard InChI is InChI=1S/C21H21N5O/c1-26-13-18(23-14-26)12-19(22)21-24-20(25-27-21)11-15-7-9-17(10-8-15)16-5-3-2-4-6-16/h2-10,13-14,19H,11-12,22H2,1H3/t19-/m0/s1. The maximum absolute atomic E-state index is 6.18. The number of nitrogens with two attached hydrogens (primary N) is 1. The Labute approximate surface area is 157 Å². The summed E-state index contributed by atoms with van der Waals surface area (Å²) in [6.07, 6.45) is 4.86. The molecule has 0 amide bonds. The second kappa shape index (κ2) is 7.55. The van der Waals surface area contributed by atoms with E-state index in [1.54, 1.807) is 6.33 Å². The zero-order valence-corrected chi connectivity index (χ0v) is 15.1. The van der Waals surface area contributed by atoms with Crippen LogP contribution in [0.15, 0.2) is 71.6 Å². The molecule has 2 aromatic heterocycles. The largest absolute Gasteiger partial charge is 0.340 e. The number of aromatic nitrogens is 4. The van der Waals surface area contributed by atoms with Gasteiger partial charge in [-0.05, 0) is 16.7 Å². The molecule has 27 heavy (non-hydrogen) atoms. The fourth-order valence-electron chi connectivity index (χ4n) is 3.00. The Balaban J connectivity index is 1.41. The average Bonchev–Trinajstić information content (AvgIpc) is 3.32. The van der Waals surface area contributed by atoms with E-state index in [4.69, 9.17) is 10.3 Å². The summed E-state index contributed by atoms with van der Waals surface area (Å²) in [6, 6.07) is 18.3. The van der Waals surface area contributed by atoms with Crippen molar-refractivity contribution >= 4 is 0 Å². The Bertz CT molecular complexity index is 1000. The lowest BCUT2D eigenvalue weighted by atomic mass is 10.0. The molecule has 0 radical (unpaired) electrons. The molecule has 6 nitrogen and oxygen atoms in total. The van der Waals surface area contributed by atoms with Crippen LogP contribution < -0.4 is 5.73 Å². The third-order valence-corrected chi connectivity index (χ3v) is 4.41. The van der Waals surface area contributed by atoms with Crippen LogP contribution in [0, 0.1) is 0 Å². The Morgan fingerprint density at radius 3 is 2.48 bits per heavy atom. The molecule has 2 aromatic carbocycles. The van der Waals surface area contributed by atoms with Gasteiger partial charge in [0.1, 0.15) is 0 Å². The van der Waals surface area contributed by atoms with E-state index >= 15 is 0 Å². The molecule has 0 aliphatic carbocycles. The highest BCUT2D eigenvalue weighted by Crippen LogP contribution is 2.20. The molecule has 0 aliphatic rings. The van der Waals surface area contributed by atoms with Crippen LogP contribution >= 0.6 is 0 Å². The minimum absolute atomic E-state index is 0.360. The van der Waals surface area contributed by atoms with Gasteiger partial charge in [-0.15, -0.1) is 0 Å². The molecule has 6 heteroatoms. The van der Waals surface area contributed by atoms with E-state index in [1.807, 2.05) is 36.0 Å². The molecular weight excluding hydrogens is 338 g/mol. The van der Waals surface area contributed by atoms with Gasteiger partial charge in [-0.25, -0.2) is 4.98 Å². The van der Waals surface area contributed by atoms with Crippen LogP contribution in [-0.4, -0.2) is 19.7 Å². The number of hydrogen-bond donors (Lipinski definition) is 1. The van der Waals surface area contributed by atoms with Crippen LogP contribution in [0.3, 0.4) is 0 Å². The molecule has 0 bridgehead atoms. The van der Waals surface area contributed by atoms with Crippen molar-refractivity contribution in [2.75, 3.05) is 0 Å². The maximum Gasteiger partial charge on any atom is 0.243 e. The summed E-state index contributed by atoms with van der Waals surface area (Å²) in [6.45, 7) is 0. The number of rotatable bonds is 6. The van der Waals surface area contributed by atoms with Crippen molar-refractivity contribution in [3.63, 3.8) is 0 Å². The van der Waals surface area contributed by atoms with Gasteiger partial charge in [0.05, 0.1) is 18.1 Å². The van der Waals surface area contributed by atoms with E-state index < -0.39 is 0 Å². The molecule has 2 N–H and O–H groups in total. The van der Waals surface area contributed by atoms with Crippen LogP contribution in [0.4, 0.5) is 0 Å². The fraction of sp³-hybridized carbons (Fsp3) is 0.190. The summed E-state index contributed by atoms with van der Waals surface area (Å²) < 4.78 is 7.24. The molecule has 0 aliphatic heterocycles. The van der Waals surface area contributed by atoms with Crippen molar-refractivity contribution < 1.29 is 4.52 Å². The summed E-state index contributed by atoms with van der Waals surface area (Å²) in [5.74, 6) is 1.07. The lowest BCUT2D eigenvalue weighted by molar-refractivity contribution is 0.350. The summed E-state index contributed by atoms with van der Waals surface area (Å²) in [5, 5.41) is 4.07. The van der Waals surface area contributed by atoms with E-state index in [0.29, 0.717) is 24.6 Å². The average molecular weight is 359 g/mol. The highest BCUT2D eigenvalue weighted by molar-refractivity contribution is 5.63. The third-order valence-electron chi connectivity index (χ3n) is 4.41. The smallest absolute Gasteiger partial charge is 0.243 e. The minimum atomic E-state index is -0.360. The van der Waals surface area contributed by atoms with Crippen LogP contribution in [0.2, 0.25) is 0 Å². The van der Waals surface area contributed by atoms with Gasteiger partial charge in [-0.2, -0.15) is 4.98 Å². The Kier molecular flexibility index (Phi) is 4.80. The highest BCUT2D eigenvalue weighted by atomic mass is 16.5. The predicted molar refractivity (Wildman–Crippen MR) is 103 cm³/mol. The quantitative estimate of drug-likeness (QED) is 0.571. The van der Waals surface area contributed by atoms with Gasteiger partial charge in [0.2, 0.25) is 5.89 Å². The van der Waals surface area contributed by atoms with E-state index in [9.17, 15) is 0 Å². The van der Waals surface area contributed by atoms with Gasteiger partial charge in [-0.3, -0.25) is 0 Å². The lowest BCUT2D eigenvalue weighted by Gasteiger charge is -2.03. The zero-order chi connectivity index (χ0) is 18.6. The van der Waals surface area contributed by atoms with Crippen molar-refractivity contribution in [3.8, 4) is 11.1 Å². The number of aryl methyl sites for hydroxylation is 1. The zero-order valence-electron chi connectivity index (χ0n) is 15.1. The molecular formula is C21H21N5O. The molecule has 4 aromatic rings. The number of imidazole rings is 1. The van der Waals surface area contributed by atoms with Gasteiger partial charge in [0, 0.05) is 26.1 Å². The van der Waals surface area contributed by atoms with E-state index in [0.717, 1.165) is 11.3 Å². The SMILES string of the molecule is Cn1cnc(C[C@H](N)c2nc(Cc3ccc(-c4ccccc4)cc3)no2)c1. The number of nitrogens with zero attached hydrogens (tertiary/aromatic N) is 4. The Morgan fingerprint density at radius 2 is 1.78 bits per heavy atom. The summed E-state index contributed by atoms with van der Waals surface area (Å²) in [5.41, 5.74) is 10.6. The second-order valence-electron chi connectivity index (χ2n) is 6.63. The first-order valence-electron chi connectivity index (χ1n) is 8.86. The van der Waals surface area contributed by atoms with Crippen molar-refractivity contribution in [1.82, 2.24) is 19.7 Å². The second-order valence-corrected chi connectivity index (χ2v) is 6.63. The first-order chi connectivity index (χ1) is 13.2. The van der Waals surface area contributed by atoms with Crippen molar-refractivity contribution in [1.29, 1.82) is 0 Å². The summed E-state index contributed by atoms with van der Waals surface area (Å²) in [4.78, 5) is 8.73. The van der Waals surface area contributed by atoms with Crippen LogP contribution in [0.25, 0.3) is 11.1 Å². The Morgan fingerprint density at radius 1 is 1.04 bits per heavy atom. The first-order valence-corrected chi connectivity index (χ1v) is 8.86. The monoisotopic (exact) mass is 359 g/mol. The molecule has 0 saturated heterocycles. The number of benzene rings is 2. The van der Waals surface area contributed by atoms with Crippen LogP contribution in [-0.2, 0) is 19.9 Å². The molecule has 0 unspecified atom stereocenters. The van der Waals surface area contributed by atoms with Gasteiger partial charge >= 0.3 is 0 Å². The predicted octanol–water partition coefficient (Wildman–Crippen LogP) is 3.30. The molecule has 136 valence electrons. The van der Waals surface area contributed by atoms with Gasteiger partial charge < -0.3 is 14.8 Å². The van der Waals surface area contributed by atoms with Crippen molar-refractivity contribution in [2.45, 2.75) is 18.9 Å². The fourth-order valence-corrected chi connectivity index (χ4v) is 3.00. The molecule has 1 atom stereocenters. The van der Waals surface area contributed by atoms with E-state index in [1.165, 1.54) is 11.1 Å². The maximum atomic E-state index is 6.18. The van der Waals surface area contributed by atoms with Gasteiger partial charge in [-0.1, -0.05) is 59.8 Å². The molecule has 4 rings (SSSR count). The van der Waals surface area contributed by atoms with Crippen LogP contribution in [0.5, 0.6) is 0 Å². The van der Waals surface area contributed by atoms with Gasteiger partial charge in [0.25, 0.3) is 0 Å². The third kappa shape index (κ3) is 4.12. The minimum Gasteiger partial charge on any atom is -0.340 e. The molecule has 2 heterocycles. The lowest BCUT2D eigenvalue weighted by Crippen LogP contribution is -2.14. The number of hydrogen-bond acceptors (Lipinski definition) is 5. The van der Waals surface area contributed by atoms with E-state index in [-0.39, 0.29) is 6.04 Å². The Hall–Kier alpha value is -3.25. The highest BCUT2D eigenvalue weighted by Gasteiger charge is 2.16. The summed E-state index contributed by atoms with van der Waals surface area (Å²) in [7, 11) is 1.93. The van der Waals surface area contributed by atoms with Gasteiger partial charge in [0.15, 0.2) is 5.82 Å². The van der Waals surface area contributed by atoms with Crippen molar-refractivity contribution in [3.05, 3.63) is 90.1 Å². The van der Waals surface area contributed by atoms with Crippen molar-refractivity contribution in [2.24, 2.45) is 12.8 Å². The molecule has 0 saturated carbocycles. The molecule has 0 fully saturated rings. The first kappa shape index (κ1) is 17.2. The van der Waals surface area contributed by atoms with Crippen LogP contribution in [0.1, 0.15) is 29.0 Å². The molecule has 0 spiro atoms. The normalized spacial score (nSPS) is 12.2. The summed E-state index contributed by atoms with van der Waals surface area (Å²) >= 11 is 0. The van der Waals surface area contributed by atoms with E-state index in [2.05, 4.69) is 51.5 Å².